The summed E-state index contributed by atoms with van der Waals surface area (Å²) in [4.78, 5) is 12.2. The highest BCUT2D eigenvalue weighted by Crippen LogP contribution is 2.24. The first-order chi connectivity index (χ1) is 13.2. The van der Waals surface area contributed by atoms with Crippen molar-refractivity contribution < 1.29 is 13.2 Å². The monoisotopic (exact) mass is 420 g/mol. The quantitative estimate of drug-likeness (QED) is 0.632. The van der Waals surface area contributed by atoms with Crippen molar-refractivity contribution >= 4 is 31.6 Å². The molecule has 3 aromatic rings. The first-order valence-corrected chi connectivity index (χ1v) is 11.3. The fraction of sp³-hybridized carbons (Fsp3) is 0.350. The van der Waals surface area contributed by atoms with Crippen molar-refractivity contribution in [3.63, 3.8) is 0 Å². The molecule has 0 aliphatic rings. The molecule has 0 bridgehead atoms. The van der Waals surface area contributed by atoms with Crippen LogP contribution >= 0.6 is 11.3 Å². The molecule has 0 aliphatic heterocycles. The zero-order chi connectivity index (χ0) is 20.5. The van der Waals surface area contributed by atoms with Gasteiger partial charge < -0.3 is 4.74 Å². The van der Waals surface area contributed by atoms with E-state index in [1.54, 1.807) is 23.6 Å². The lowest BCUT2D eigenvalue weighted by Crippen LogP contribution is -2.36. The Morgan fingerprint density at radius 2 is 1.79 bits per heavy atom. The van der Waals surface area contributed by atoms with Gasteiger partial charge in [0.1, 0.15) is 12.4 Å². The second-order valence-electron chi connectivity index (χ2n) is 7.11. The van der Waals surface area contributed by atoms with Crippen molar-refractivity contribution in [2.45, 2.75) is 44.7 Å². The number of aryl methyl sites for hydroxylation is 1. The lowest BCUT2D eigenvalue weighted by molar-refractivity contribution is 0.287. The molecule has 0 saturated heterocycles. The van der Waals surface area contributed by atoms with Gasteiger partial charge in [0.05, 0.1) is 21.2 Å². The number of nitrogens with zero attached hydrogens (tertiary/aromatic N) is 1. The molecule has 28 heavy (non-hydrogen) atoms. The number of thiazole rings is 1. The van der Waals surface area contributed by atoms with Crippen molar-refractivity contribution in [3.05, 3.63) is 57.7 Å². The van der Waals surface area contributed by atoms with E-state index in [0.29, 0.717) is 10.4 Å². The van der Waals surface area contributed by atoms with E-state index >= 15 is 0 Å². The fourth-order valence-electron chi connectivity index (χ4n) is 2.90. The molecule has 0 aliphatic carbocycles. The van der Waals surface area contributed by atoms with E-state index in [1.807, 2.05) is 45.0 Å². The van der Waals surface area contributed by atoms with Crippen LogP contribution in [0.4, 0.5) is 0 Å². The van der Waals surface area contributed by atoms with Gasteiger partial charge in [-0.25, -0.2) is 13.1 Å². The molecule has 3 rings (SSSR count). The summed E-state index contributed by atoms with van der Waals surface area (Å²) >= 11 is 1.06. The number of fused-ring (bicyclic) bond motifs is 1. The number of sulfonamides is 1. The summed E-state index contributed by atoms with van der Waals surface area (Å²) in [6.45, 7) is 7.80. The maximum Gasteiger partial charge on any atom is 0.308 e. The Morgan fingerprint density at radius 3 is 2.43 bits per heavy atom. The highest BCUT2D eigenvalue weighted by atomic mass is 32.2. The van der Waals surface area contributed by atoms with E-state index in [0.717, 1.165) is 22.4 Å². The minimum absolute atomic E-state index is 0.0146. The minimum atomic E-state index is -3.72. The second-order valence-corrected chi connectivity index (χ2v) is 9.81. The van der Waals surface area contributed by atoms with Crippen molar-refractivity contribution in [3.8, 4) is 5.75 Å². The van der Waals surface area contributed by atoms with Gasteiger partial charge in [-0.1, -0.05) is 29.0 Å². The number of hydrogen-bond acceptors (Lipinski definition) is 5. The molecule has 0 spiro atoms. The van der Waals surface area contributed by atoms with Gasteiger partial charge in [-0.05, 0) is 58.0 Å². The van der Waals surface area contributed by atoms with Gasteiger partial charge in [-0.15, -0.1) is 0 Å². The lowest BCUT2D eigenvalue weighted by Gasteiger charge is -2.15. The molecule has 8 heteroatoms. The van der Waals surface area contributed by atoms with E-state index in [2.05, 4.69) is 4.72 Å². The Morgan fingerprint density at radius 1 is 1.11 bits per heavy atom. The van der Waals surface area contributed by atoms with Crippen LogP contribution in [0.25, 0.3) is 10.2 Å². The highest BCUT2D eigenvalue weighted by molar-refractivity contribution is 7.89. The van der Waals surface area contributed by atoms with Gasteiger partial charge in [0.25, 0.3) is 0 Å². The van der Waals surface area contributed by atoms with E-state index in [9.17, 15) is 13.2 Å². The van der Waals surface area contributed by atoms with Gasteiger partial charge >= 0.3 is 4.87 Å². The molecule has 6 nitrogen and oxygen atoms in total. The molecule has 1 N–H and O–H groups in total. The molecule has 1 heterocycles. The van der Waals surface area contributed by atoms with Crippen LogP contribution in [-0.2, 0) is 10.0 Å². The second kappa shape index (κ2) is 8.06. The van der Waals surface area contributed by atoms with Crippen molar-refractivity contribution in [2.75, 3.05) is 6.61 Å². The summed E-state index contributed by atoms with van der Waals surface area (Å²) in [5.41, 5.74) is 1.88. The highest BCUT2D eigenvalue weighted by Gasteiger charge is 2.20. The third kappa shape index (κ3) is 4.45. The zero-order valence-electron chi connectivity index (χ0n) is 16.3. The first kappa shape index (κ1) is 20.6. The van der Waals surface area contributed by atoms with E-state index < -0.39 is 16.1 Å². The zero-order valence-corrected chi connectivity index (χ0v) is 17.9. The summed E-state index contributed by atoms with van der Waals surface area (Å²) in [5, 5.41) is 0. The molecule has 0 saturated carbocycles. The Kier molecular flexibility index (Phi) is 5.92. The number of benzene rings is 2. The topological polar surface area (TPSA) is 77.4 Å². The van der Waals surface area contributed by atoms with Crippen LogP contribution in [0.15, 0.2) is 52.2 Å². The molecule has 0 amide bonds. The Bertz CT molecular complexity index is 1130. The third-order valence-electron chi connectivity index (χ3n) is 4.29. The number of rotatable bonds is 7. The molecule has 0 fully saturated rings. The molecular formula is C20H24N2O4S2. The van der Waals surface area contributed by atoms with E-state index in [-0.39, 0.29) is 22.4 Å². The third-order valence-corrected chi connectivity index (χ3v) is 6.79. The molecule has 2 aromatic carbocycles. The molecule has 0 radical (unpaired) electrons. The Balaban J connectivity index is 1.74. The molecule has 1 atom stereocenters. The normalized spacial score (nSPS) is 13.2. The van der Waals surface area contributed by atoms with Gasteiger partial charge in [0.2, 0.25) is 10.0 Å². The van der Waals surface area contributed by atoms with Crippen LogP contribution in [0, 0.1) is 6.92 Å². The van der Waals surface area contributed by atoms with Crippen LogP contribution in [0.2, 0.25) is 0 Å². The van der Waals surface area contributed by atoms with Crippen LogP contribution in [0.5, 0.6) is 5.75 Å². The standard InChI is InChI=1S/C20H24N2O4S2/c1-13(2)22-18-10-9-17(11-19(18)27-20(22)23)28(24,25)21-15(4)12-26-16-7-5-14(3)6-8-16/h5-11,13,15,21H,12H2,1-4H3/t15-/m1/s1. The summed E-state index contributed by atoms with van der Waals surface area (Å²) in [7, 11) is -3.72. The molecule has 0 unspecified atom stereocenters. The largest absolute Gasteiger partial charge is 0.492 e. The van der Waals surface area contributed by atoms with Crippen LogP contribution in [0.3, 0.4) is 0 Å². The summed E-state index contributed by atoms with van der Waals surface area (Å²) < 4.78 is 36.0. The Hall–Kier alpha value is -2.16. The van der Waals surface area contributed by atoms with E-state index in [1.165, 1.54) is 6.07 Å². The van der Waals surface area contributed by atoms with Gasteiger partial charge in [-0.2, -0.15) is 0 Å². The number of nitrogens with one attached hydrogen (secondary N) is 1. The SMILES string of the molecule is Cc1ccc(OC[C@@H](C)NS(=O)(=O)c2ccc3c(c2)sc(=O)n3C(C)C)cc1. The fourth-order valence-corrected chi connectivity index (χ4v) is 5.28. The summed E-state index contributed by atoms with van der Waals surface area (Å²) in [6.07, 6.45) is 0. The molecular weight excluding hydrogens is 396 g/mol. The van der Waals surface area contributed by atoms with Gasteiger partial charge in [0, 0.05) is 6.04 Å². The smallest absolute Gasteiger partial charge is 0.308 e. The predicted octanol–water partition coefficient (Wildman–Crippen LogP) is 3.70. The molecule has 150 valence electrons. The number of ether oxygens (including phenoxy) is 1. The summed E-state index contributed by atoms with van der Waals surface area (Å²) in [6, 6.07) is 12.0. The lowest BCUT2D eigenvalue weighted by atomic mass is 10.2. The van der Waals surface area contributed by atoms with Crippen LogP contribution < -0.4 is 14.3 Å². The van der Waals surface area contributed by atoms with Crippen molar-refractivity contribution in [2.24, 2.45) is 0 Å². The predicted molar refractivity (Wildman–Crippen MR) is 113 cm³/mol. The van der Waals surface area contributed by atoms with Gasteiger partial charge in [-0.3, -0.25) is 9.36 Å². The van der Waals surface area contributed by atoms with Crippen molar-refractivity contribution in [1.29, 1.82) is 0 Å². The van der Waals surface area contributed by atoms with Crippen LogP contribution in [-0.4, -0.2) is 25.6 Å². The molecule has 1 aromatic heterocycles. The maximum atomic E-state index is 12.7. The average molecular weight is 421 g/mol. The van der Waals surface area contributed by atoms with Crippen molar-refractivity contribution in [1.82, 2.24) is 9.29 Å². The number of aromatic nitrogens is 1. The minimum Gasteiger partial charge on any atom is -0.492 e. The first-order valence-electron chi connectivity index (χ1n) is 9.04. The average Bonchev–Trinajstić information content (AvgIpc) is 2.96. The maximum absolute atomic E-state index is 12.7. The van der Waals surface area contributed by atoms with Gasteiger partial charge in [0.15, 0.2) is 0 Å². The van der Waals surface area contributed by atoms with Crippen LogP contribution in [0.1, 0.15) is 32.4 Å². The summed E-state index contributed by atoms with van der Waals surface area (Å²) in [5.74, 6) is 0.692. The Labute approximate surface area is 168 Å². The van der Waals surface area contributed by atoms with E-state index in [4.69, 9.17) is 4.74 Å². The number of hydrogen-bond donors (Lipinski definition) is 1.